The molecule has 114 valence electrons. The zero-order chi connectivity index (χ0) is 13.9. The Kier molecular flexibility index (Phi) is 5.33. The molecule has 0 aromatic heterocycles. The van der Waals surface area contributed by atoms with Gasteiger partial charge in [0.2, 0.25) is 0 Å². The van der Waals surface area contributed by atoms with Gasteiger partial charge in [0, 0.05) is 0 Å². The summed E-state index contributed by atoms with van der Waals surface area (Å²) in [6, 6.07) is 0. The predicted octanol–water partition coefficient (Wildman–Crippen LogP) is 4.59. The largest absolute Gasteiger partial charge is 0.476 e. The third kappa shape index (κ3) is 3.36. The van der Waals surface area contributed by atoms with Gasteiger partial charge in [0.1, 0.15) is 0 Å². The van der Waals surface area contributed by atoms with Gasteiger partial charge in [-0.2, -0.15) is 0 Å². The summed E-state index contributed by atoms with van der Waals surface area (Å²) in [5, 5.41) is -0.0466. The van der Waals surface area contributed by atoms with Crippen LogP contribution in [0.5, 0.6) is 0 Å². The highest BCUT2D eigenvalue weighted by Gasteiger charge is 2.48. The Morgan fingerprint density at radius 3 is 1.55 bits per heavy atom. The Morgan fingerprint density at radius 2 is 1.20 bits per heavy atom. The van der Waals surface area contributed by atoms with Gasteiger partial charge in [-0.3, -0.25) is 0 Å². The van der Waals surface area contributed by atoms with Gasteiger partial charge in [-0.05, 0) is 37.5 Å². The molecule has 3 fully saturated rings. The fraction of sp³-hybridized carbons (Fsp3) is 1.00. The lowest BCUT2D eigenvalue weighted by atomic mass is 9.77. The fourth-order valence-electron chi connectivity index (χ4n) is 4.40. The molecule has 3 atom stereocenters. The van der Waals surface area contributed by atoms with Crippen molar-refractivity contribution in [1.82, 2.24) is 0 Å². The van der Waals surface area contributed by atoms with Crippen molar-refractivity contribution in [1.29, 1.82) is 0 Å². The van der Waals surface area contributed by atoms with Crippen LogP contribution >= 0.6 is 11.6 Å². The minimum absolute atomic E-state index is 0.0466. The molecule has 0 N–H and O–H groups in total. The van der Waals surface area contributed by atoms with Gasteiger partial charge < -0.3 is 9.31 Å². The molecule has 2 nitrogen and oxygen atoms in total. The van der Waals surface area contributed by atoms with Crippen LogP contribution < -0.4 is 0 Å². The van der Waals surface area contributed by atoms with Crippen molar-refractivity contribution in [3.05, 3.63) is 0 Å². The zero-order valence-electron chi connectivity index (χ0n) is 12.7. The average molecular weight is 299 g/mol. The molecule has 0 amide bonds. The van der Waals surface area contributed by atoms with Crippen molar-refractivity contribution < 1.29 is 9.31 Å². The van der Waals surface area contributed by atoms with Crippen LogP contribution in [0, 0.1) is 11.8 Å². The first-order chi connectivity index (χ1) is 9.75. The summed E-state index contributed by atoms with van der Waals surface area (Å²) >= 11 is 6.24. The zero-order valence-corrected chi connectivity index (χ0v) is 13.5. The van der Waals surface area contributed by atoms with E-state index in [0.29, 0.717) is 24.0 Å². The van der Waals surface area contributed by atoms with Crippen molar-refractivity contribution in [3.63, 3.8) is 0 Å². The van der Waals surface area contributed by atoms with Crippen LogP contribution in [0.25, 0.3) is 0 Å². The lowest BCUT2D eigenvalue weighted by Crippen LogP contribution is -2.38. The van der Waals surface area contributed by atoms with Crippen LogP contribution in [-0.2, 0) is 9.31 Å². The molecule has 2 saturated carbocycles. The van der Waals surface area contributed by atoms with Crippen molar-refractivity contribution in [2.24, 2.45) is 11.8 Å². The Balaban J connectivity index is 1.69. The first kappa shape index (κ1) is 15.2. The maximum atomic E-state index is 6.27. The first-order valence-electron chi connectivity index (χ1n) is 8.70. The van der Waals surface area contributed by atoms with E-state index in [0.717, 1.165) is 0 Å². The average Bonchev–Trinajstić information content (AvgIpc) is 2.94. The minimum atomic E-state index is -0.185. The minimum Gasteiger partial charge on any atom is -0.404 e. The first-order valence-corrected chi connectivity index (χ1v) is 9.14. The number of rotatable bonds is 3. The molecule has 20 heavy (non-hydrogen) atoms. The molecule has 0 bridgehead atoms. The number of alkyl halides is 1. The highest BCUT2D eigenvalue weighted by Crippen LogP contribution is 2.40. The summed E-state index contributed by atoms with van der Waals surface area (Å²) in [5.74, 6) is 1.41. The van der Waals surface area contributed by atoms with Gasteiger partial charge in [0.15, 0.2) is 0 Å². The van der Waals surface area contributed by atoms with E-state index in [1.807, 2.05) is 6.92 Å². The second-order valence-electron chi connectivity index (χ2n) is 7.04. The molecular formula is C16H28BClO2. The van der Waals surface area contributed by atoms with Crippen molar-refractivity contribution in [2.45, 2.75) is 88.6 Å². The van der Waals surface area contributed by atoms with Crippen molar-refractivity contribution in [2.75, 3.05) is 0 Å². The molecule has 3 aliphatic rings. The molecule has 0 radical (unpaired) electrons. The van der Waals surface area contributed by atoms with Gasteiger partial charge in [0.05, 0.1) is 17.5 Å². The monoisotopic (exact) mass is 298 g/mol. The maximum Gasteiger partial charge on any atom is 0.476 e. The van der Waals surface area contributed by atoms with Gasteiger partial charge in [-0.1, -0.05) is 45.4 Å². The van der Waals surface area contributed by atoms with E-state index in [1.165, 1.54) is 64.2 Å². The summed E-state index contributed by atoms with van der Waals surface area (Å²) < 4.78 is 12.5. The Labute approximate surface area is 129 Å². The predicted molar refractivity (Wildman–Crippen MR) is 84.0 cm³/mol. The third-order valence-corrected chi connectivity index (χ3v) is 5.72. The molecule has 1 saturated heterocycles. The number of halogens is 1. The third-order valence-electron chi connectivity index (χ3n) is 5.51. The van der Waals surface area contributed by atoms with Gasteiger partial charge in [0.25, 0.3) is 0 Å². The molecule has 3 rings (SSSR count). The van der Waals surface area contributed by atoms with Gasteiger partial charge >= 0.3 is 7.12 Å². The SMILES string of the molecule is C[C@@H](Cl)B1O[C@H](C2CCCCC2)[C@@H](C2CCCCC2)O1. The van der Waals surface area contributed by atoms with E-state index >= 15 is 0 Å². The van der Waals surface area contributed by atoms with E-state index in [4.69, 9.17) is 20.9 Å². The topological polar surface area (TPSA) is 18.5 Å². The van der Waals surface area contributed by atoms with E-state index < -0.39 is 0 Å². The lowest BCUT2D eigenvalue weighted by molar-refractivity contribution is 0.0324. The molecule has 4 heteroatoms. The van der Waals surface area contributed by atoms with Crippen LogP contribution in [0.2, 0.25) is 0 Å². The molecule has 0 spiro atoms. The second-order valence-corrected chi connectivity index (χ2v) is 7.73. The summed E-state index contributed by atoms with van der Waals surface area (Å²) in [4.78, 5) is 0. The Morgan fingerprint density at radius 1 is 0.800 bits per heavy atom. The molecule has 0 unspecified atom stereocenters. The smallest absolute Gasteiger partial charge is 0.404 e. The van der Waals surface area contributed by atoms with E-state index in [9.17, 15) is 0 Å². The highest BCUT2D eigenvalue weighted by atomic mass is 35.5. The van der Waals surface area contributed by atoms with Crippen LogP contribution in [0.15, 0.2) is 0 Å². The molecule has 1 aliphatic heterocycles. The molecule has 0 aromatic rings. The van der Waals surface area contributed by atoms with E-state index in [-0.39, 0.29) is 12.4 Å². The van der Waals surface area contributed by atoms with Crippen LogP contribution in [0.4, 0.5) is 0 Å². The molecule has 1 heterocycles. The van der Waals surface area contributed by atoms with Crippen LogP contribution in [-0.4, -0.2) is 24.6 Å². The van der Waals surface area contributed by atoms with E-state index in [2.05, 4.69) is 0 Å². The standard InChI is InChI=1S/C16H28BClO2/c1-12(18)17-19-15(13-8-4-2-5-9-13)16(20-17)14-10-6-3-7-11-14/h12-16H,2-11H2,1H3/t12-,15-,16-/m1/s1. The lowest BCUT2D eigenvalue weighted by Gasteiger charge is -2.35. The van der Waals surface area contributed by atoms with Crippen molar-refractivity contribution in [3.8, 4) is 0 Å². The molecular weight excluding hydrogens is 270 g/mol. The molecule has 2 aliphatic carbocycles. The quantitative estimate of drug-likeness (QED) is 0.560. The van der Waals surface area contributed by atoms with Gasteiger partial charge in [-0.25, -0.2) is 0 Å². The number of hydrogen-bond acceptors (Lipinski definition) is 2. The maximum absolute atomic E-state index is 6.27. The summed E-state index contributed by atoms with van der Waals surface area (Å²) in [5.41, 5.74) is 0. The normalized spacial score (nSPS) is 35.4. The Hall–Kier alpha value is 0.275. The number of hydrogen-bond donors (Lipinski definition) is 0. The van der Waals surface area contributed by atoms with Crippen LogP contribution in [0.3, 0.4) is 0 Å². The van der Waals surface area contributed by atoms with Gasteiger partial charge in [-0.15, -0.1) is 11.6 Å². The highest BCUT2D eigenvalue weighted by molar-refractivity contribution is 6.59. The molecule has 0 aromatic carbocycles. The fourth-order valence-corrected chi connectivity index (χ4v) is 4.52. The Bertz CT molecular complexity index is 275. The second kappa shape index (κ2) is 7.02. The summed E-state index contributed by atoms with van der Waals surface area (Å²) in [7, 11) is -0.185. The van der Waals surface area contributed by atoms with Crippen molar-refractivity contribution >= 4 is 18.7 Å². The summed E-state index contributed by atoms with van der Waals surface area (Å²) in [6.07, 6.45) is 14.1. The summed E-state index contributed by atoms with van der Waals surface area (Å²) in [6.45, 7) is 1.99. The van der Waals surface area contributed by atoms with E-state index in [1.54, 1.807) is 0 Å². The van der Waals surface area contributed by atoms with Crippen LogP contribution in [0.1, 0.15) is 71.1 Å².